The van der Waals surface area contributed by atoms with Gasteiger partial charge in [0.1, 0.15) is 0 Å². The number of carbonyl (C=O) groups is 2. The van der Waals surface area contributed by atoms with Crippen LogP contribution in [0.3, 0.4) is 0 Å². The number of rotatable bonds is 6. The summed E-state index contributed by atoms with van der Waals surface area (Å²) >= 11 is 11.8. The van der Waals surface area contributed by atoms with Gasteiger partial charge in [0.05, 0.1) is 11.3 Å². The first-order valence-electron chi connectivity index (χ1n) is 9.19. The summed E-state index contributed by atoms with van der Waals surface area (Å²) in [6.07, 6.45) is 0. The van der Waals surface area contributed by atoms with E-state index < -0.39 is 18.5 Å². The molecule has 2 N–H and O–H groups in total. The Morgan fingerprint density at radius 3 is 2.30 bits per heavy atom. The fraction of sp³-hybridized carbons (Fsp3) is 0.130. The highest BCUT2D eigenvalue weighted by Crippen LogP contribution is 2.26. The summed E-state index contributed by atoms with van der Waals surface area (Å²) in [7, 11) is 0. The number of para-hydroxylation sites is 1. The third-order valence-electron chi connectivity index (χ3n) is 4.50. The van der Waals surface area contributed by atoms with E-state index in [-0.39, 0.29) is 0 Å². The summed E-state index contributed by atoms with van der Waals surface area (Å²) in [6, 6.07) is 17.5. The largest absolute Gasteiger partial charge is 0.452 e. The standard InChI is InChI=1S/C23H20Cl2N2O3/c1-14-6-5-9-20(15(14)2)27-21-8-4-3-7-19(21)23(29)30-13-22(28)26-18-11-16(24)10-17(25)12-18/h3-12,27H,13H2,1-2H3,(H,26,28). The van der Waals surface area contributed by atoms with E-state index in [9.17, 15) is 9.59 Å². The number of carbonyl (C=O) groups excluding carboxylic acids is 2. The van der Waals surface area contributed by atoms with Crippen LogP contribution in [0.5, 0.6) is 0 Å². The van der Waals surface area contributed by atoms with Gasteiger partial charge in [0.2, 0.25) is 0 Å². The molecule has 3 aromatic rings. The van der Waals surface area contributed by atoms with Gasteiger partial charge in [-0.15, -0.1) is 0 Å². The number of esters is 1. The zero-order chi connectivity index (χ0) is 21.7. The molecule has 154 valence electrons. The van der Waals surface area contributed by atoms with Crippen molar-refractivity contribution >= 4 is 52.1 Å². The van der Waals surface area contributed by atoms with Crippen LogP contribution in [0.1, 0.15) is 21.5 Å². The summed E-state index contributed by atoms with van der Waals surface area (Å²) in [5, 5.41) is 6.65. The fourth-order valence-corrected chi connectivity index (χ4v) is 3.36. The van der Waals surface area contributed by atoms with Crippen molar-refractivity contribution in [2.24, 2.45) is 0 Å². The van der Waals surface area contributed by atoms with Crippen molar-refractivity contribution in [2.75, 3.05) is 17.2 Å². The molecule has 3 aromatic carbocycles. The third kappa shape index (κ3) is 5.53. The van der Waals surface area contributed by atoms with E-state index in [2.05, 4.69) is 10.6 Å². The molecule has 0 spiro atoms. The van der Waals surface area contributed by atoms with Crippen molar-refractivity contribution in [3.63, 3.8) is 0 Å². The Kier molecular flexibility index (Phi) is 6.98. The average Bonchev–Trinajstić information content (AvgIpc) is 2.69. The van der Waals surface area contributed by atoms with Gasteiger partial charge in [-0.25, -0.2) is 4.79 Å². The molecule has 1 amide bonds. The van der Waals surface area contributed by atoms with Crippen LogP contribution in [0.4, 0.5) is 17.1 Å². The Hall–Kier alpha value is -3.02. The van der Waals surface area contributed by atoms with Crippen molar-refractivity contribution in [1.82, 2.24) is 0 Å². The lowest BCUT2D eigenvalue weighted by molar-refractivity contribution is -0.119. The second-order valence-electron chi connectivity index (χ2n) is 6.70. The molecule has 30 heavy (non-hydrogen) atoms. The topological polar surface area (TPSA) is 67.4 Å². The SMILES string of the molecule is Cc1cccc(Nc2ccccc2C(=O)OCC(=O)Nc2cc(Cl)cc(Cl)c2)c1C. The van der Waals surface area contributed by atoms with E-state index in [1.807, 2.05) is 38.1 Å². The zero-order valence-corrected chi connectivity index (χ0v) is 18.0. The number of halogens is 2. The minimum Gasteiger partial charge on any atom is -0.452 e. The molecule has 0 heterocycles. The van der Waals surface area contributed by atoms with Gasteiger partial charge in [0.15, 0.2) is 6.61 Å². The summed E-state index contributed by atoms with van der Waals surface area (Å²) in [6.45, 7) is 3.58. The van der Waals surface area contributed by atoms with Crippen LogP contribution in [0, 0.1) is 13.8 Å². The van der Waals surface area contributed by atoms with Crippen LogP contribution in [0.2, 0.25) is 10.0 Å². The summed E-state index contributed by atoms with van der Waals surface area (Å²) in [5.74, 6) is -1.11. The monoisotopic (exact) mass is 442 g/mol. The van der Waals surface area contributed by atoms with Gasteiger partial charge in [0.25, 0.3) is 5.91 Å². The highest BCUT2D eigenvalue weighted by Gasteiger charge is 2.15. The van der Waals surface area contributed by atoms with Crippen molar-refractivity contribution < 1.29 is 14.3 Å². The maximum absolute atomic E-state index is 12.6. The summed E-state index contributed by atoms with van der Waals surface area (Å²) in [5.41, 5.74) is 4.46. The van der Waals surface area contributed by atoms with Crippen molar-refractivity contribution in [3.05, 3.63) is 87.4 Å². The Morgan fingerprint density at radius 1 is 0.900 bits per heavy atom. The van der Waals surface area contributed by atoms with Crippen LogP contribution in [-0.2, 0) is 9.53 Å². The van der Waals surface area contributed by atoms with Crippen molar-refractivity contribution in [3.8, 4) is 0 Å². The van der Waals surface area contributed by atoms with E-state index in [0.717, 1.165) is 16.8 Å². The van der Waals surface area contributed by atoms with Crippen LogP contribution in [0.25, 0.3) is 0 Å². The minimum atomic E-state index is -0.609. The normalized spacial score (nSPS) is 10.4. The fourth-order valence-electron chi connectivity index (χ4n) is 2.83. The molecular formula is C23H20Cl2N2O3. The first kappa shape index (κ1) is 21.7. The minimum absolute atomic E-state index is 0.331. The number of anilines is 3. The van der Waals surface area contributed by atoms with Crippen molar-refractivity contribution in [2.45, 2.75) is 13.8 Å². The molecule has 0 aromatic heterocycles. The molecule has 0 saturated heterocycles. The van der Waals surface area contributed by atoms with E-state index in [1.165, 1.54) is 0 Å². The average molecular weight is 443 g/mol. The van der Waals surface area contributed by atoms with E-state index in [4.69, 9.17) is 27.9 Å². The van der Waals surface area contributed by atoms with Gasteiger partial charge in [-0.2, -0.15) is 0 Å². The molecule has 0 fully saturated rings. The van der Waals surface area contributed by atoms with Crippen LogP contribution >= 0.6 is 23.2 Å². The molecule has 0 atom stereocenters. The molecular weight excluding hydrogens is 423 g/mol. The second kappa shape index (κ2) is 9.65. The highest BCUT2D eigenvalue weighted by molar-refractivity contribution is 6.35. The second-order valence-corrected chi connectivity index (χ2v) is 7.57. The molecule has 0 aliphatic heterocycles. The lowest BCUT2D eigenvalue weighted by atomic mass is 10.1. The molecule has 0 unspecified atom stereocenters. The van der Waals surface area contributed by atoms with Gasteiger partial charge in [-0.05, 0) is 61.4 Å². The molecule has 3 rings (SSSR count). The predicted octanol–water partition coefficient (Wildman–Crippen LogP) is 6.15. The van der Waals surface area contributed by atoms with Crippen LogP contribution in [-0.4, -0.2) is 18.5 Å². The third-order valence-corrected chi connectivity index (χ3v) is 4.94. The number of benzene rings is 3. The number of aryl methyl sites for hydroxylation is 1. The Morgan fingerprint density at radius 2 is 1.57 bits per heavy atom. The number of hydrogen-bond acceptors (Lipinski definition) is 4. The maximum atomic E-state index is 12.6. The zero-order valence-electron chi connectivity index (χ0n) is 16.5. The Balaban J connectivity index is 1.67. The number of amides is 1. The molecule has 0 bridgehead atoms. The lowest BCUT2D eigenvalue weighted by Crippen LogP contribution is -2.21. The number of ether oxygens (including phenoxy) is 1. The summed E-state index contributed by atoms with van der Waals surface area (Å²) in [4.78, 5) is 24.7. The van der Waals surface area contributed by atoms with Gasteiger partial charge < -0.3 is 15.4 Å². The highest BCUT2D eigenvalue weighted by atomic mass is 35.5. The predicted molar refractivity (Wildman–Crippen MR) is 121 cm³/mol. The lowest BCUT2D eigenvalue weighted by Gasteiger charge is -2.14. The molecule has 7 heteroatoms. The quantitative estimate of drug-likeness (QED) is 0.449. The van der Waals surface area contributed by atoms with E-state index >= 15 is 0 Å². The number of hydrogen-bond donors (Lipinski definition) is 2. The first-order chi connectivity index (χ1) is 14.3. The van der Waals surface area contributed by atoms with Gasteiger partial charge in [-0.3, -0.25) is 4.79 Å². The van der Waals surface area contributed by atoms with Crippen LogP contribution in [0.15, 0.2) is 60.7 Å². The molecule has 0 aliphatic carbocycles. The maximum Gasteiger partial charge on any atom is 0.340 e. The van der Waals surface area contributed by atoms with Gasteiger partial charge in [-0.1, -0.05) is 47.5 Å². The van der Waals surface area contributed by atoms with Crippen molar-refractivity contribution in [1.29, 1.82) is 0 Å². The number of nitrogens with one attached hydrogen (secondary N) is 2. The summed E-state index contributed by atoms with van der Waals surface area (Å²) < 4.78 is 5.20. The van der Waals surface area contributed by atoms with Gasteiger partial charge >= 0.3 is 5.97 Å². The van der Waals surface area contributed by atoms with Gasteiger partial charge in [0, 0.05) is 21.4 Å². The Bertz CT molecular complexity index is 1080. The Labute approximate surface area is 185 Å². The smallest absolute Gasteiger partial charge is 0.340 e. The molecule has 0 aliphatic rings. The van der Waals surface area contributed by atoms with E-state index in [0.29, 0.717) is 27.0 Å². The molecule has 0 radical (unpaired) electrons. The van der Waals surface area contributed by atoms with Crippen LogP contribution < -0.4 is 10.6 Å². The van der Waals surface area contributed by atoms with E-state index in [1.54, 1.807) is 36.4 Å². The molecule has 0 saturated carbocycles. The first-order valence-corrected chi connectivity index (χ1v) is 9.94. The molecule has 5 nitrogen and oxygen atoms in total.